The van der Waals surface area contributed by atoms with Gasteiger partial charge in [-0.1, -0.05) is 6.07 Å². The van der Waals surface area contributed by atoms with E-state index in [1.54, 1.807) is 29.2 Å². The summed E-state index contributed by atoms with van der Waals surface area (Å²) in [5, 5.41) is 0. The molecule has 6 nitrogen and oxygen atoms in total. The van der Waals surface area contributed by atoms with Gasteiger partial charge in [-0.2, -0.15) is 0 Å². The summed E-state index contributed by atoms with van der Waals surface area (Å²) in [6.45, 7) is 4.72. The van der Waals surface area contributed by atoms with Crippen LogP contribution in [0.4, 0.5) is 10.1 Å². The molecule has 162 valence electrons. The lowest BCUT2D eigenvalue weighted by Gasteiger charge is -2.35. The molecule has 0 bridgehead atoms. The predicted molar refractivity (Wildman–Crippen MR) is 116 cm³/mol. The smallest absolute Gasteiger partial charge is 0.246 e. The zero-order chi connectivity index (χ0) is 21.8. The Kier molecular flexibility index (Phi) is 6.21. The zero-order valence-electron chi connectivity index (χ0n) is 17.5. The van der Waals surface area contributed by atoms with Crippen molar-refractivity contribution in [2.24, 2.45) is 0 Å². The Bertz CT molecular complexity index is 1010. The predicted octanol–water partition coefficient (Wildman–Crippen LogP) is 3.55. The van der Waals surface area contributed by atoms with E-state index in [0.29, 0.717) is 56.4 Å². The van der Waals surface area contributed by atoms with Crippen molar-refractivity contribution in [3.8, 4) is 11.5 Å². The molecule has 1 amide bonds. The van der Waals surface area contributed by atoms with Crippen molar-refractivity contribution in [3.63, 3.8) is 0 Å². The van der Waals surface area contributed by atoms with Gasteiger partial charge in [0.15, 0.2) is 17.3 Å². The second-order valence-electron chi connectivity index (χ2n) is 7.62. The number of piperazine rings is 1. The first-order valence-corrected chi connectivity index (χ1v) is 10.4. The number of halogens is 1. The SMILES string of the molecule is CC(=O)c1ccc(N2CCN(C(=O)C=Cc3ccc4c(c3)OCCCO4)CC2)c(F)c1. The van der Waals surface area contributed by atoms with E-state index in [1.807, 2.05) is 23.1 Å². The molecule has 0 atom stereocenters. The van der Waals surface area contributed by atoms with Crippen LogP contribution in [0.5, 0.6) is 11.5 Å². The molecular weight excluding hydrogens is 399 g/mol. The number of benzene rings is 2. The molecule has 0 N–H and O–H groups in total. The third-order valence-electron chi connectivity index (χ3n) is 5.48. The van der Waals surface area contributed by atoms with Gasteiger partial charge in [0.1, 0.15) is 5.82 Å². The minimum atomic E-state index is -0.415. The van der Waals surface area contributed by atoms with E-state index >= 15 is 0 Å². The molecule has 4 rings (SSSR count). The molecule has 0 aromatic heterocycles. The maximum atomic E-state index is 14.4. The molecule has 2 aliphatic heterocycles. The molecule has 2 aromatic carbocycles. The first-order chi connectivity index (χ1) is 15.0. The van der Waals surface area contributed by atoms with Gasteiger partial charge in [-0.05, 0) is 48.9 Å². The Hall–Kier alpha value is -3.35. The van der Waals surface area contributed by atoms with E-state index in [0.717, 1.165) is 17.7 Å². The number of amides is 1. The van der Waals surface area contributed by atoms with Crippen molar-refractivity contribution in [3.05, 3.63) is 59.4 Å². The number of fused-ring (bicyclic) bond motifs is 1. The average molecular weight is 424 g/mol. The van der Waals surface area contributed by atoms with Crippen LogP contribution in [0.1, 0.15) is 29.3 Å². The number of Topliss-reactive ketones (excluding diaryl/α,β-unsaturated/α-hetero) is 1. The van der Waals surface area contributed by atoms with Crippen molar-refractivity contribution < 1.29 is 23.5 Å². The highest BCUT2D eigenvalue weighted by Crippen LogP contribution is 2.30. The summed E-state index contributed by atoms with van der Waals surface area (Å²) in [4.78, 5) is 27.7. The highest BCUT2D eigenvalue weighted by Gasteiger charge is 2.22. The third-order valence-corrected chi connectivity index (χ3v) is 5.48. The Morgan fingerprint density at radius 3 is 2.42 bits per heavy atom. The van der Waals surface area contributed by atoms with Crippen LogP contribution in [-0.4, -0.2) is 56.0 Å². The number of nitrogens with zero attached hydrogens (tertiary/aromatic N) is 2. The van der Waals surface area contributed by atoms with E-state index in [1.165, 1.54) is 13.0 Å². The summed E-state index contributed by atoms with van der Waals surface area (Å²) < 4.78 is 25.7. The molecule has 2 aromatic rings. The number of ketones is 1. The lowest BCUT2D eigenvalue weighted by atomic mass is 10.1. The van der Waals surface area contributed by atoms with Gasteiger partial charge in [0.05, 0.1) is 18.9 Å². The van der Waals surface area contributed by atoms with Gasteiger partial charge < -0.3 is 19.3 Å². The van der Waals surface area contributed by atoms with Gasteiger partial charge in [0.25, 0.3) is 0 Å². The maximum absolute atomic E-state index is 14.4. The van der Waals surface area contributed by atoms with Gasteiger partial charge >= 0.3 is 0 Å². The molecule has 1 fully saturated rings. The topological polar surface area (TPSA) is 59.1 Å². The Balaban J connectivity index is 1.35. The van der Waals surface area contributed by atoms with E-state index in [9.17, 15) is 14.0 Å². The molecule has 0 unspecified atom stereocenters. The molecule has 2 heterocycles. The van der Waals surface area contributed by atoms with Gasteiger partial charge in [0.2, 0.25) is 5.91 Å². The van der Waals surface area contributed by atoms with Gasteiger partial charge in [-0.3, -0.25) is 9.59 Å². The lowest BCUT2D eigenvalue weighted by Crippen LogP contribution is -2.48. The molecule has 2 aliphatic rings. The van der Waals surface area contributed by atoms with Crippen LogP contribution in [0, 0.1) is 5.82 Å². The number of anilines is 1. The van der Waals surface area contributed by atoms with Crippen molar-refractivity contribution in [2.75, 3.05) is 44.3 Å². The maximum Gasteiger partial charge on any atom is 0.246 e. The molecule has 0 spiro atoms. The monoisotopic (exact) mass is 424 g/mol. The number of carbonyl (C=O) groups excluding carboxylic acids is 2. The summed E-state index contributed by atoms with van der Waals surface area (Å²) in [7, 11) is 0. The molecule has 1 saturated heterocycles. The number of hydrogen-bond donors (Lipinski definition) is 0. The number of carbonyl (C=O) groups is 2. The van der Waals surface area contributed by atoms with Crippen LogP contribution in [0.3, 0.4) is 0 Å². The number of ether oxygens (including phenoxy) is 2. The Morgan fingerprint density at radius 1 is 0.968 bits per heavy atom. The molecule has 31 heavy (non-hydrogen) atoms. The highest BCUT2D eigenvalue weighted by molar-refractivity contribution is 5.94. The fourth-order valence-corrected chi connectivity index (χ4v) is 3.71. The second-order valence-corrected chi connectivity index (χ2v) is 7.62. The zero-order valence-corrected chi connectivity index (χ0v) is 17.5. The van der Waals surface area contributed by atoms with E-state index in [-0.39, 0.29) is 11.7 Å². The average Bonchev–Trinajstić information content (AvgIpc) is 3.02. The van der Waals surface area contributed by atoms with Gasteiger partial charge in [-0.25, -0.2) is 4.39 Å². The van der Waals surface area contributed by atoms with E-state index < -0.39 is 5.82 Å². The van der Waals surface area contributed by atoms with Crippen LogP contribution in [-0.2, 0) is 4.79 Å². The van der Waals surface area contributed by atoms with E-state index in [4.69, 9.17) is 9.47 Å². The summed E-state index contributed by atoms with van der Waals surface area (Å²) in [6.07, 6.45) is 4.16. The quantitative estimate of drug-likeness (QED) is 0.555. The first kappa shape index (κ1) is 20.9. The summed E-state index contributed by atoms with van der Waals surface area (Å²) in [5.41, 5.74) is 1.68. The number of hydrogen-bond acceptors (Lipinski definition) is 5. The minimum absolute atomic E-state index is 0.0841. The van der Waals surface area contributed by atoms with Crippen LogP contribution in [0.25, 0.3) is 6.08 Å². The fourth-order valence-electron chi connectivity index (χ4n) is 3.71. The second kappa shape index (κ2) is 9.20. The highest BCUT2D eigenvalue weighted by atomic mass is 19.1. The molecule has 7 heteroatoms. The summed E-state index contributed by atoms with van der Waals surface area (Å²) in [6, 6.07) is 10.2. The Labute approximate surface area is 180 Å². The van der Waals surface area contributed by atoms with Crippen molar-refractivity contribution in [1.29, 1.82) is 0 Å². The molecular formula is C24H25FN2O4. The van der Waals surface area contributed by atoms with Crippen molar-refractivity contribution in [2.45, 2.75) is 13.3 Å². The standard InChI is InChI=1S/C24H25FN2O4/c1-17(28)19-5-6-21(20(25)16-19)26-9-11-27(12-10-26)24(29)8-4-18-3-7-22-23(15-18)31-14-2-13-30-22/h3-8,15-16H,2,9-14H2,1H3. The van der Waals surface area contributed by atoms with Crippen LogP contribution < -0.4 is 14.4 Å². The van der Waals surface area contributed by atoms with Crippen molar-refractivity contribution >= 4 is 23.5 Å². The third kappa shape index (κ3) is 4.87. The normalized spacial score (nSPS) is 16.3. The molecule has 0 aliphatic carbocycles. The largest absolute Gasteiger partial charge is 0.490 e. The van der Waals surface area contributed by atoms with Crippen LogP contribution >= 0.6 is 0 Å². The lowest BCUT2D eigenvalue weighted by molar-refractivity contribution is -0.126. The van der Waals surface area contributed by atoms with Crippen LogP contribution in [0.15, 0.2) is 42.5 Å². The molecule has 0 radical (unpaired) electrons. The van der Waals surface area contributed by atoms with Crippen molar-refractivity contribution in [1.82, 2.24) is 4.90 Å². The molecule has 0 saturated carbocycles. The first-order valence-electron chi connectivity index (χ1n) is 10.4. The minimum Gasteiger partial charge on any atom is -0.490 e. The van der Waals surface area contributed by atoms with E-state index in [2.05, 4.69) is 0 Å². The fraction of sp³-hybridized carbons (Fsp3) is 0.333. The summed E-state index contributed by atoms with van der Waals surface area (Å²) >= 11 is 0. The Morgan fingerprint density at radius 2 is 1.71 bits per heavy atom. The van der Waals surface area contributed by atoms with Gasteiger partial charge in [-0.15, -0.1) is 0 Å². The number of rotatable bonds is 4. The van der Waals surface area contributed by atoms with Crippen LogP contribution in [0.2, 0.25) is 0 Å². The summed E-state index contributed by atoms with van der Waals surface area (Å²) in [5.74, 6) is 0.751. The van der Waals surface area contributed by atoms with Gasteiger partial charge in [0, 0.05) is 44.2 Å².